The molecule has 0 aliphatic rings. The Labute approximate surface area is 238 Å². The fraction of sp³-hybridized carbons (Fsp3) is 0.455. The molecule has 0 bridgehead atoms. The summed E-state index contributed by atoms with van der Waals surface area (Å²) in [5.74, 6) is 0.736. The summed E-state index contributed by atoms with van der Waals surface area (Å²) in [6.45, 7) is 20.3. The van der Waals surface area contributed by atoms with Gasteiger partial charge in [-0.05, 0) is 46.9 Å². The first-order valence-corrected chi connectivity index (χ1v) is 13.1. The number of rotatable bonds is 7. The fourth-order valence-electron chi connectivity index (χ4n) is 3.66. The minimum Gasteiger partial charge on any atom is -0.512 e. The van der Waals surface area contributed by atoms with Crippen molar-refractivity contribution >= 4 is 16.6 Å². The van der Waals surface area contributed by atoms with Gasteiger partial charge in [0, 0.05) is 43.2 Å². The average molecular weight is 679 g/mol. The van der Waals surface area contributed by atoms with Crippen LogP contribution in [0.25, 0.3) is 22.0 Å². The van der Waals surface area contributed by atoms with Crippen LogP contribution in [0.15, 0.2) is 54.4 Å². The molecule has 203 valence electrons. The van der Waals surface area contributed by atoms with Gasteiger partial charge in [-0.1, -0.05) is 87.4 Å². The summed E-state index contributed by atoms with van der Waals surface area (Å²) in [7, 11) is 0. The maximum Gasteiger partial charge on any atom is 0.164 e. The molecule has 2 aromatic carbocycles. The Morgan fingerprint density at radius 1 is 1.00 bits per heavy atom. The second-order valence-electron chi connectivity index (χ2n) is 11.4. The zero-order chi connectivity index (χ0) is 27.3. The van der Waals surface area contributed by atoms with E-state index in [0.717, 1.165) is 29.7 Å². The minimum atomic E-state index is -0.377. The Balaban J connectivity index is 0.000000384. The van der Waals surface area contributed by atoms with Crippen LogP contribution in [0.3, 0.4) is 0 Å². The zero-order valence-electron chi connectivity index (χ0n) is 24.2. The standard InChI is InChI=1S/C20H20N.C13H24O2.Ir/c1-13(2)16-5-6-19-17(12-16)7-8-21-20(19)18-10-14(3)9-15(4)11-18;1-7-12(3,4)10(14)9-11(15)13(5,6)8-2;/h5-10,12-13H,1-4H3;9,14H,7-8H2,1-6H3;/q-1;;/b;10-9-;. The molecule has 0 aliphatic carbocycles. The maximum atomic E-state index is 11.8. The van der Waals surface area contributed by atoms with E-state index in [1.54, 1.807) is 0 Å². The SMILES string of the molecule is CCC(C)(C)C(=O)/C=C(\O)C(C)(C)CC.Cc1[c-]c(-c2nccc3cc(C(C)C)ccc23)cc(C)c1.[Ir]. The Bertz CT molecular complexity index is 1220. The number of allylic oxidation sites excluding steroid dienone is 2. The van der Waals surface area contributed by atoms with E-state index in [4.69, 9.17) is 0 Å². The van der Waals surface area contributed by atoms with Crippen LogP contribution in [0.1, 0.15) is 90.8 Å². The number of hydrogen-bond acceptors (Lipinski definition) is 3. The minimum absolute atomic E-state index is 0. The summed E-state index contributed by atoms with van der Waals surface area (Å²) >= 11 is 0. The van der Waals surface area contributed by atoms with Crippen molar-refractivity contribution in [1.29, 1.82) is 0 Å². The van der Waals surface area contributed by atoms with Crippen molar-refractivity contribution in [3.8, 4) is 11.3 Å². The molecule has 37 heavy (non-hydrogen) atoms. The van der Waals surface area contributed by atoms with Crippen molar-refractivity contribution in [3.63, 3.8) is 0 Å². The summed E-state index contributed by atoms with van der Waals surface area (Å²) in [4.78, 5) is 16.4. The number of aliphatic hydroxyl groups excluding tert-OH is 1. The number of nitrogens with zero attached hydrogens (tertiary/aromatic N) is 1. The van der Waals surface area contributed by atoms with Crippen LogP contribution < -0.4 is 0 Å². The first kappa shape index (κ1) is 32.7. The van der Waals surface area contributed by atoms with Gasteiger partial charge in [-0.25, -0.2) is 0 Å². The number of fused-ring (bicyclic) bond motifs is 1. The van der Waals surface area contributed by atoms with Gasteiger partial charge in [0.05, 0.1) is 0 Å². The van der Waals surface area contributed by atoms with Crippen molar-refractivity contribution in [1.82, 2.24) is 4.98 Å². The van der Waals surface area contributed by atoms with E-state index in [2.05, 4.69) is 75.1 Å². The topological polar surface area (TPSA) is 50.2 Å². The smallest absolute Gasteiger partial charge is 0.164 e. The molecule has 4 heteroatoms. The number of hydrogen-bond donors (Lipinski definition) is 1. The van der Waals surface area contributed by atoms with Crippen molar-refractivity contribution in [2.24, 2.45) is 10.8 Å². The Morgan fingerprint density at radius 3 is 2.16 bits per heavy atom. The van der Waals surface area contributed by atoms with E-state index in [1.165, 1.54) is 28.0 Å². The molecule has 1 aromatic heterocycles. The van der Waals surface area contributed by atoms with Gasteiger partial charge in [0.25, 0.3) is 0 Å². The van der Waals surface area contributed by atoms with Gasteiger partial charge in [-0.2, -0.15) is 0 Å². The summed E-state index contributed by atoms with van der Waals surface area (Å²) < 4.78 is 0. The molecule has 0 fully saturated rings. The van der Waals surface area contributed by atoms with Gasteiger partial charge in [0.1, 0.15) is 5.76 Å². The van der Waals surface area contributed by atoms with Crippen LogP contribution in [-0.4, -0.2) is 15.9 Å². The first-order valence-electron chi connectivity index (χ1n) is 13.1. The number of carbonyl (C=O) groups is 1. The molecule has 0 amide bonds. The van der Waals surface area contributed by atoms with Gasteiger partial charge >= 0.3 is 0 Å². The van der Waals surface area contributed by atoms with Crippen molar-refractivity contribution in [3.05, 3.63) is 77.2 Å². The zero-order valence-corrected chi connectivity index (χ0v) is 26.6. The molecular formula is C33H44IrNO2-. The van der Waals surface area contributed by atoms with E-state index in [1.807, 2.05) is 47.7 Å². The monoisotopic (exact) mass is 679 g/mol. The van der Waals surface area contributed by atoms with E-state index in [9.17, 15) is 9.90 Å². The van der Waals surface area contributed by atoms with Gasteiger partial charge in [0.2, 0.25) is 0 Å². The third-order valence-corrected chi connectivity index (χ3v) is 7.25. The molecular weight excluding hydrogens is 635 g/mol. The average Bonchev–Trinajstić information content (AvgIpc) is 2.82. The molecule has 0 saturated heterocycles. The van der Waals surface area contributed by atoms with E-state index in [0.29, 0.717) is 5.92 Å². The number of ketones is 1. The molecule has 0 unspecified atom stereocenters. The van der Waals surface area contributed by atoms with E-state index >= 15 is 0 Å². The fourth-order valence-corrected chi connectivity index (χ4v) is 3.66. The molecule has 3 aromatic rings. The van der Waals surface area contributed by atoms with E-state index < -0.39 is 0 Å². The number of carbonyl (C=O) groups excluding carboxylic acids is 1. The third-order valence-electron chi connectivity index (χ3n) is 7.25. The molecule has 3 nitrogen and oxygen atoms in total. The third kappa shape index (κ3) is 8.62. The van der Waals surface area contributed by atoms with Crippen LogP contribution in [0.4, 0.5) is 0 Å². The van der Waals surface area contributed by atoms with Crippen molar-refractivity contribution < 1.29 is 30.0 Å². The normalized spacial score (nSPS) is 12.1. The predicted octanol–water partition coefficient (Wildman–Crippen LogP) is 9.31. The molecule has 1 heterocycles. The van der Waals surface area contributed by atoms with Crippen molar-refractivity contribution in [2.75, 3.05) is 0 Å². The summed E-state index contributed by atoms with van der Waals surface area (Å²) in [5, 5.41) is 12.3. The molecule has 1 N–H and O–H groups in total. The van der Waals surface area contributed by atoms with Gasteiger partial charge < -0.3 is 10.1 Å². The van der Waals surface area contributed by atoms with Crippen molar-refractivity contribution in [2.45, 2.75) is 88.0 Å². The molecule has 1 radical (unpaired) electrons. The predicted molar refractivity (Wildman–Crippen MR) is 153 cm³/mol. The largest absolute Gasteiger partial charge is 0.512 e. The first-order chi connectivity index (χ1) is 16.7. The number of benzene rings is 2. The quantitative estimate of drug-likeness (QED) is 0.154. The maximum absolute atomic E-state index is 11.8. The summed E-state index contributed by atoms with van der Waals surface area (Å²) in [5.41, 5.74) is 5.19. The van der Waals surface area contributed by atoms with Crippen LogP contribution in [-0.2, 0) is 24.9 Å². The number of aryl methyl sites for hydroxylation is 2. The second kappa shape index (κ2) is 13.5. The summed E-state index contributed by atoms with van der Waals surface area (Å²) in [6.07, 6.45) is 4.89. The second-order valence-corrected chi connectivity index (χ2v) is 11.4. The molecule has 0 atom stereocenters. The molecule has 0 spiro atoms. The molecule has 0 saturated carbocycles. The number of aromatic nitrogens is 1. The van der Waals surface area contributed by atoms with E-state index in [-0.39, 0.29) is 42.5 Å². The molecule has 0 aliphatic heterocycles. The van der Waals surface area contributed by atoms with Gasteiger partial charge in [0.15, 0.2) is 5.78 Å². The van der Waals surface area contributed by atoms with Crippen LogP contribution in [0, 0.1) is 30.7 Å². The van der Waals surface area contributed by atoms with Crippen LogP contribution in [0.2, 0.25) is 0 Å². The Kier molecular flexibility index (Phi) is 11.9. The summed E-state index contributed by atoms with van der Waals surface area (Å²) in [6, 6.07) is 16.5. The number of pyridine rings is 1. The van der Waals surface area contributed by atoms with Gasteiger partial charge in [-0.15, -0.1) is 34.9 Å². The van der Waals surface area contributed by atoms with Crippen LogP contribution >= 0.6 is 0 Å². The Morgan fingerprint density at radius 2 is 1.62 bits per heavy atom. The number of aliphatic hydroxyl groups is 1. The Hall–Kier alpha value is -2.29. The molecule has 3 rings (SSSR count). The van der Waals surface area contributed by atoms with Gasteiger partial charge in [-0.3, -0.25) is 4.79 Å². The van der Waals surface area contributed by atoms with Crippen LogP contribution in [0.5, 0.6) is 0 Å².